The average Bonchev–Trinajstić information content (AvgIpc) is 3.92. The van der Waals surface area contributed by atoms with Crippen molar-refractivity contribution in [2.45, 2.75) is 261 Å². The summed E-state index contributed by atoms with van der Waals surface area (Å²) in [6, 6.07) is 0. The predicted octanol–water partition coefficient (Wildman–Crippen LogP) is 1.40. The maximum absolute atomic E-state index is 12.6. The van der Waals surface area contributed by atoms with Crippen molar-refractivity contribution in [2.24, 2.45) is 11.8 Å². The lowest BCUT2D eigenvalue weighted by molar-refractivity contribution is -0.326. The third-order valence-corrected chi connectivity index (χ3v) is 15.7. The molecule has 1 aliphatic heterocycles. The van der Waals surface area contributed by atoms with Crippen molar-refractivity contribution in [1.29, 1.82) is 0 Å². The molecule has 24 nitrogen and oxygen atoms in total. The second kappa shape index (κ2) is 43.4. The summed E-state index contributed by atoms with van der Waals surface area (Å²) in [5.41, 5.74) is 0. The Hall–Kier alpha value is -3.21. The molecule has 480 valence electrons. The first-order valence-corrected chi connectivity index (χ1v) is 30.8. The highest BCUT2D eigenvalue weighted by atomic mass is 16.7. The van der Waals surface area contributed by atoms with Crippen molar-refractivity contribution >= 4 is 29.7 Å². The topological polar surface area (TPSA) is 375 Å². The minimum atomic E-state index is -2.25. The smallest absolute Gasteiger partial charge is 0.306 e. The molecule has 0 bridgehead atoms. The fourth-order valence-corrected chi connectivity index (χ4v) is 10.6. The summed E-state index contributed by atoms with van der Waals surface area (Å²) >= 11 is 0. The zero-order valence-corrected chi connectivity index (χ0v) is 49.7. The van der Waals surface area contributed by atoms with E-state index in [0.29, 0.717) is 37.5 Å². The highest BCUT2D eigenvalue weighted by molar-refractivity contribution is 5.82. The lowest BCUT2D eigenvalue weighted by atomic mass is 9.98. The maximum atomic E-state index is 12.6. The number of carboxylic acids is 1. The molecule has 2 amide bonds. The summed E-state index contributed by atoms with van der Waals surface area (Å²) in [5.74, 6) is -2.90. The van der Waals surface area contributed by atoms with E-state index >= 15 is 0 Å². The van der Waals surface area contributed by atoms with Crippen molar-refractivity contribution in [1.82, 2.24) is 20.4 Å². The van der Waals surface area contributed by atoms with E-state index in [9.17, 15) is 75.0 Å². The Morgan fingerprint density at radius 2 is 1.00 bits per heavy atom. The van der Waals surface area contributed by atoms with Gasteiger partial charge >= 0.3 is 17.9 Å². The Bertz CT molecular complexity index is 1720. The standard InChI is InChI=1S/C36H67N3O15.C22H41NO5/c1-3-5-7-17-39(18-8-6-4-2)19-22-9-11-23(42)25(12-10-22)52-28(45)14-13-27(44)37-15-16-38-35(51)32(49)31(48)34(24(43)20-40)54-36-33(50)30(47)29(46)26(21-41)53-36;1-3-5-7-15-23(16-8-6-4-2)17-18-9-11-19(24)20(12-10-18)28-22(27)14-13-21(25)26/h22-26,29-34,36,40-43,46-50H,3-21H2,1-2H3,(H,37,44)(H,38,51);18-20,24H,3-17H2,1-2H3,(H,25,26). The van der Waals surface area contributed by atoms with Crippen molar-refractivity contribution in [3.63, 3.8) is 0 Å². The van der Waals surface area contributed by atoms with Gasteiger partial charge in [-0.15, -0.1) is 0 Å². The molecule has 1 heterocycles. The minimum absolute atomic E-state index is 0.122. The third kappa shape index (κ3) is 29.7. The van der Waals surface area contributed by atoms with Crippen LogP contribution in [-0.4, -0.2) is 241 Å². The van der Waals surface area contributed by atoms with Crippen LogP contribution >= 0.6 is 0 Å². The molecule has 24 heteroatoms. The van der Waals surface area contributed by atoms with Crippen LogP contribution in [0.25, 0.3) is 0 Å². The monoisotopic (exact) mass is 1180 g/mol. The van der Waals surface area contributed by atoms with E-state index in [2.05, 4.69) is 48.1 Å². The Morgan fingerprint density at radius 1 is 0.561 bits per heavy atom. The second-order valence-electron chi connectivity index (χ2n) is 22.7. The highest BCUT2D eigenvalue weighted by Gasteiger charge is 2.47. The number of carbonyl (C=O) groups excluding carboxylic acids is 4. The van der Waals surface area contributed by atoms with Gasteiger partial charge in [0.15, 0.2) is 12.4 Å². The van der Waals surface area contributed by atoms with Crippen LogP contribution in [0.15, 0.2) is 0 Å². The van der Waals surface area contributed by atoms with Crippen LogP contribution in [-0.2, 0) is 42.9 Å². The van der Waals surface area contributed by atoms with Gasteiger partial charge in [-0.05, 0) is 115 Å². The first-order valence-electron chi connectivity index (χ1n) is 30.8. The molecule has 0 spiro atoms. The molecular weight excluding hydrogens is 1070 g/mol. The van der Waals surface area contributed by atoms with Gasteiger partial charge in [-0.3, -0.25) is 24.0 Å². The van der Waals surface area contributed by atoms with Crippen molar-refractivity contribution in [3.05, 3.63) is 0 Å². The number of aliphatic hydroxyl groups excluding tert-OH is 10. The third-order valence-electron chi connectivity index (χ3n) is 15.7. The quantitative estimate of drug-likeness (QED) is 0.0235. The van der Waals surface area contributed by atoms with Gasteiger partial charge in [-0.2, -0.15) is 0 Å². The molecule has 3 rings (SSSR count). The molecule has 82 heavy (non-hydrogen) atoms. The number of aliphatic hydroxyl groups is 10. The van der Waals surface area contributed by atoms with E-state index < -0.39 is 122 Å². The van der Waals surface area contributed by atoms with Gasteiger partial charge in [0, 0.05) is 32.6 Å². The van der Waals surface area contributed by atoms with E-state index in [1.807, 2.05) is 0 Å². The van der Waals surface area contributed by atoms with Crippen molar-refractivity contribution in [3.8, 4) is 0 Å². The molecule has 1 saturated heterocycles. The normalized spacial score (nSPS) is 26.5. The number of nitrogens with one attached hydrogen (secondary N) is 2. The number of hydrogen-bond donors (Lipinski definition) is 13. The van der Waals surface area contributed by atoms with Crippen LogP contribution in [0.1, 0.15) is 182 Å². The number of esters is 2. The zero-order chi connectivity index (χ0) is 61.0. The van der Waals surface area contributed by atoms with Crippen LogP contribution in [0.5, 0.6) is 0 Å². The van der Waals surface area contributed by atoms with Gasteiger partial charge in [0.05, 0.1) is 44.7 Å². The Balaban J connectivity index is 0.000000687. The predicted molar refractivity (Wildman–Crippen MR) is 303 cm³/mol. The van der Waals surface area contributed by atoms with Crippen LogP contribution in [0, 0.1) is 11.8 Å². The number of unbranched alkanes of at least 4 members (excludes halogenated alkanes) is 8. The van der Waals surface area contributed by atoms with E-state index in [1.54, 1.807) is 0 Å². The number of rotatable bonds is 39. The summed E-state index contributed by atoms with van der Waals surface area (Å²) < 4.78 is 21.4. The zero-order valence-electron chi connectivity index (χ0n) is 49.7. The second-order valence-corrected chi connectivity index (χ2v) is 22.7. The Labute approximate surface area is 486 Å². The van der Waals surface area contributed by atoms with Crippen LogP contribution < -0.4 is 10.6 Å². The summed E-state index contributed by atoms with van der Waals surface area (Å²) in [6.45, 7) is 13.1. The molecule has 0 aromatic carbocycles. The number of nitrogens with zero attached hydrogens (tertiary/aromatic N) is 2. The van der Waals surface area contributed by atoms with Gasteiger partial charge < -0.3 is 95.6 Å². The fourth-order valence-electron chi connectivity index (χ4n) is 10.6. The lowest BCUT2D eigenvalue weighted by Crippen LogP contribution is -2.62. The number of ether oxygens (including phenoxy) is 4. The molecular formula is C58H108N4O20. The van der Waals surface area contributed by atoms with E-state index in [1.165, 1.54) is 77.0 Å². The fraction of sp³-hybridized carbons (Fsp3) is 0.914. The molecule has 0 aromatic heterocycles. The largest absolute Gasteiger partial charge is 0.481 e. The van der Waals surface area contributed by atoms with E-state index in [-0.39, 0.29) is 38.8 Å². The van der Waals surface area contributed by atoms with Gasteiger partial charge in [0.1, 0.15) is 54.9 Å². The number of carboxylic acid groups (broad SMARTS) is 1. The van der Waals surface area contributed by atoms with Crippen molar-refractivity contribution < 1.29 is 99.1 Å². The first-order chi connectivity index (χ1) is 39.2. The molecule has 3 aliphatic rings. The van der Waals surface area contributed by atoms with Gasteiger partial charge in [0.25, 0.3) is 5.91 Å². The minimum Gasteiger partial charge on any atom is -0.481 e. The number of carbonyl (C=O) groups is 5. The lowest BCUT2D eigenvalue weighted by Gasteiger charge is -2.42. The van der Waals surface area contributed by atoms with Gasteiger partial charge in [-0.1, -0.05) is 79.1 Å². The van der Waals surface area contributed by atoms with E-state index in [4.69, 9.17) is 24.1 Å². The molecule has 13 N–H and O–H groups in total. The highest BCUT2D eigenvalue weighted by Crippen LogP contribution is 2.30. The van der Waals surface area contributed by atoms with Crippen LogP contribution in [0.3, 0.4) is 0 Å². The molecule has 2 aliphatic carbocycles. The van der Waals surface area contributed by atoms with Gasteiger partial charge in [-0.25, -0.2) is 0 Å². The SMILES string of the molecule is CCCCCN(CCCCC)CC1CCC(O)C(OC(=O)CCC(=O)NCCNC(=O)C(O)C(O)C(OC2OC(CO)C(O)C(O)C2O)C(O)CO)CC1.CCCCCN(CCCCC)CC1CCC(O)C(OC(=O)CCC(=O)O)CC1. The average molecular weight is 1180 g/mol. The maximum Gasteiger partial charge on any atom is 0.306 e. The summed E-state index contributed by atoms with van der Waals surface area (Å²) in [7, 11) is 0. The first kappa shape index (κ1) is 74.9. The summed E-state index contributed by atoms with van der Waals surface area (Å²) in [6.07, 6.45) is 0.0277. The summed E-state index contributed by atoms with van der Waals surface area (Å²) in [5, 5.41) is 115. The molecule has 15 atom stereocenters. The van der Waals surface area contributed by atoms with Gasteiger partial charge in [0.2, 0.25) is 5.91 Å². The Morgan fingerprint density at radius 3 is 1.43 bits per heavy atom. The number of amides is 2. The Kier molecular flexibility index (Phi) is 39.6. The molecule has 0 aromatic rings. The molecule has 2 saturated carbocycles. The van der Waals surface area contributed by atoms with Crippen LogP contribution in [0.4, 0.5) is 0 Å². The summed E-state index contributed by atoms with van der Waals surface area (Å²) in [4.78, 5) is 65.0. The number of aliphatic carboxylic acids is 1. The molecule has 15 unspecified atom stereocenters. The van der Waals surface area contributed by atoms with E-state index in [0.717, 1.165) is 65.0 Å². The van der Waals surface area contributed by atoms with Crippen molar-refractivity contribution in [2.75, 3.05) is 65.6 Å². The number of hydrogen-bond acceptors (Lipinski definition) is 21. The molecule has 0 radical (unpaired) electrons. The van der Waals surface area contributed by atoms with Crippen LogP contribution in [0.2, 0.25) is 0 Å². The molecule has 3 fully saturated rings.